The van der Waals surface area contributed by atoms with Crippen LogP contribution < -0.4 is 9.96 Å². The van der Waals surface area contributed by atoms with Gasteiger partial charge in [0, 0.05) is 12.1 Å². The number of esters is 1. The average molecular weight is 335 g/mol. The minimum absolute atomic E-state index is 0.0472. The maximum absolute atomic E-state index is 11.9. The Morgan fingerprint density at radius 2 is 2.08 bits per heavy atom. The molecular formula is C15H20BN2O6. The number of rotatable bonds is 9. The lowest BCUT2D eigenvalue weighted by molar-refractivity contribution is -0.385. The molecule has 1 aromatic carbocycles. The monoisotopic (exact) mass is 335 g/mol. The molecule has 9 heteroatoms. The van der Waals surface area contributed by atoms with Crippen molar-refractivity contribution < 1.29 is 24.0 Å². The number of nitrogens with zero attached hydrogens (tertiary/aromatic N) is 1. The van der Waals surface area contributed by atoms with Crippen LogP contribution in [0, 0.1) is 10.1 Å². The van der Waals surface area contributed by atoms with Crippen LogP contribution in [0.5, 0.6) is 5.75 Å². The topological polar surface area (TPSA) is 108 Å². The highest BCUT2D eigenvalue weighted by Crippen LogP contribution is 2.26. The van der Waals surface area contributed by atoms with Crippen LogP contribution in [0.25, 0.3) is 0 Å². The van der Waals surface area contributed by atoms with Gasteiger partial charge in [-0.2, -0.15) is 0 Å². The maximum Gasteiger partial charge on any atom is 0.310 e. The Hall–Kier alpha value is -2.42. The minimum Gasteiger partial charge on any atom is -0.485 e. The van der Waals surface area contributed by atoms with Gasteiger partial charge < -0.3 is 19.5 Å². The van der Waals surface area contributed by atoms with Crippen molar-refractivity contribution in [2.75, 3.05) is 6.61 Å². The molecule has 0 aromatic heterocycles. The van der Waals surface area contributed by atoms with Gasteiger partial charge in [0.1, 0.15) is 12.2 Å². The molecule has 0 aliphatic heterocycles. The summed E-state index contributed by atoms with van der Waals surface area (Å²) in [5, 5.41) is 13.7. The highest BCUT2D eigenvalue weighted by molar-refractivity contribution is 6.64. The van der Waals surface area contributed by atoms with Crippen molar-refractivity contribution in [2.24, 2.45) is 0 Å². The molecule has 1 rings (SSSR count). The van der Waals surface area contributed by atoms with E-state index in [0.717, 1.165) is 7.41 Å². The molecule has 24 heavy (non-hydrogen) atoms. The zero-order chi connectivity index (χ0) is 18.2. The minimum atomic E-state index is -0.630. The van der Waals surface area contributed by atoms with Crippen molar-refractivity contribution in [1.29, 1.82) is 0 Å². The fourth-order valence-electron chi connectivity index (χ4n) is 1.85. The van der Waals surface area contributed by atoms with E-state index < -0.39 is 22.5 Å². The number of hydrogen-bond donors (Lipinski definition) is 1. The van der Waals surface area contributed by atoms with Gasteiger partial charge in [-0.15, -0.1) is 0 Å². The van der Waals surface area contributed by atoms with Gasteiger partial charge in [0.25, 0.3) is 7.41 Å². The third-order valence-corrected chi connectivity index (χ3v) is 2.74. The molecule has 0 aliphatic carbocycles. The van der Waals surface area contributed by atoms with E-state index in [0.29, 0.717) is 6.19 Å². The van der Waals surface area contributed by atoms with Crippen molar-refractivity contribution in [2.45, 2.75) is 38.8 Å². The lowest BCUT2D eigenvalue weighted by atomic mass is 9.96. The second-order valence-corrected chi connectivity index (χ2v) is 5.99. The summed E-state index contributed by atoms with van der Waals surface area (Å²) in [5.41, 5.74) is -0.803. The second-order valence-electron chi connectivity index (χ2n) is 5.99. The van der Waals surface area contributed by atoms with Crippen molar-refractivity contribution in [1.82, 2.24) is 5.23 Å². The summed E-state index contributed by atoms with van der Waals surface area (Å²) in [7, 11) is 1.14. The number of carbonyl (C=O) groups excluding carboxylic acids is 2. The fourth-order valence-corrected chi connectivity index (χ4v) is 1.85. The predicted octanol–water partition coefficient (Wildman–Crippen LogP) is 1.47. The molecule has 0 fully saturated rings. The van der Waals surface area contributed by atoms with Crippen LogP contribution in [-0.4, -0.2) is 42.7 Å². The van der Waals surface area contributed by atoms with Crippen LogP contribution in [-0.2, 0) is 14.3 Å². The summed E-state index contributed by atoms with van der Waals surface area (Å²) in [5.74, 6) is -0.380. The highest BCUT2D eigenvalue weighted by Gasteiger charge is 2.22. The first-order chi connectivity index (χ1) is 11.2. The van der Waals surface area contributed by atoms with Gasteiger partial charge in [-0.1, -0.05) is 12.1 Å². The highest BCUT2D eigenvalue weighted by atomic mass is 16.6. The quantitative estimate of drug-likeness (QED) is 0.239. The first kappa shape index (κ1) is 19.6. The normalized spacial score (nSPS) is 12.1. The van der Waals surface area contributed by atoms with Crippen molar-refractivity contribution in [3.63, 3.8) is 0 Å². The van der Waals surface area contributed by atoms with Crippen LogP contribution in [0.3, 0.4) is 0 Å². The van der Waals surface area contributed by atoms with Gasteiger partial charge in [0.15, 0.2) is 5.75 Å². The van der Waals surface area contributed by atoms with E-state index in [2.05, 4.69) is 5.23 Å². The van der Waals surface area contributed by atoms with E-state index in [1.54, 1.807) is 26.8 Å². The number of nitro groups is 1. The van der Waals surface area contributed by atoms with Crippen LogP contribution in [0.1, 0.15) is 27.2 Å². The molecule has 129 valence electrons. The SMILES string of the molecule is CC(C)(C)OC(=O)C[C@@H](COc1ccccc1[N+](=O)[O-])N[B]C=O. The molecule has 0 amide bonds. The number of hydrogen-bond acceptors (Lipinski definition) is 7. The first-order valence-electron chi connectivity index (χ1n) is 7.34. The molecular weight excluding hydrogens is 315 g/mol. The lowest BCUT2D eigenvalue weighted by Crippen LogP contribution is -2.41. The average Bonchev–Trinajstić information content (AvgIpc) is 2.48. The van der Waals surface area contributed by atoms with Crippen molar-refractivity contribution in [3.8, 4) is 5.75 Å². The number of carbonyl (C=O) groups is 2. The van der Waals surface area contributed by atoms with E-state index in [9.17, 15) is 19.7 Å². The van der Waals surface area contributed by atoms with E-state index in [1.165, 1.54) is 18.2 Å². The Kier molecular flexibility index (Phi) is 7.38. The zero-order valence-corrected chi connectivity index (χ0v) is 13.9. The van der Waals surface area contributed by atoms with Gasteiger partial charge in [0.2, 0.25) is 0 Å². The van der Waals surface area contributed by atoms with Gasteiger partial charge >= 0.3 is 11.7 Å². The Balaban J connectivity index is 2.71. The molecule has 1 aromatic rings. The van der Waals surface area contributed by atoms with Gasteiger partial charge in [0.05, 0.1) is 17.5 Å². The molecule has 0 unspecified atom stereocenters. The largest absolute Gasteiger partial charge is 0.485 e. The summed E-state index contributed by atoms with van der Waals surface area (Å²) in [4.78, 5) is 32.8. The molecule has 0 heterocycles. The summed E-state index contributed by atoms with van der Waals surface area (Å²) >= 11 is 0. The Morgan fingerprint density at radius 3 is 2.67 bits per heavy atom. The predicted molar refractivity (Wildman–Crippen MR) is 88.5 cm³/mol. The van der Waals surface area contributed by atoms with E-state index in [4.69, 9.17) is 9.47 Å². The number of nitrogens with one attached hydrogen (secondary N) is 1. The smallest absolute Gasteiger partial charge is 0.310 e. The molecule has 0 aliphatic rings. The van der Waals surface area contributed by atoms with Gasteiger partial charge in [-0.3, -0.25) is 14.9 Å². The van der Waals surface area contributed by atoms with Gasteiger partial charge in [-0.05, 0) is 26.8 Å². The Bertz CT molecular complexity index is 588. The number of nitro benzene ring substituents is 1. The fraction of sp³-hybridized carbons (Fsp3) is 0.467. The zero-order valence-electron chi connectivity index (χ0n) is 13.9. The Morgan fingerprint density at radius 1 is 1.42 bits per heavy atom. The molecule has 8 nitrogen and oxygen atoms in total. The number of benzene rings is 1. The molecule has 0 bridgehead atoms. The number of ether oxygens (including phenoxy) is 2. The van der Waals surface area contributed by atoms with Crippen LogP contribution >= 0.6 is 0 Å². The lowest BCUT2D eigenvalue weighted by Gasteiger charge is -2.22. The standard InChI is InChI=1S/C15H20BN2O6/c1-15(2,3)24-14(20)8-11(17-16-10-19)9-23-13-7-5-4-6-12(13)18(21)22/h4-7,10-11,17H,8-9H2,1-3H3/t11-/m0/s1. The van der Waals surface area contributed by atoms with Gasteiger partial charge in [-0.25, -0.2) is 0 Å². The van der Waals surface area contributed by atoms with Crippen molar-refractivity contribution in [3.05, 3.63) is 34.4 Å². The van der Waals surface area contributed by atoms with Crippen LogP contribution in [0.4, 0.5) is 5.69 Å². The van der Waals surface area contributed by atoms with E-state index in [1.807, 2.05) is 0 Å². The first-order valence-corrected chi connectivity index (χ1v) is 7.34. The molecule has 0 spiro atoms. The third-order valence-electron chi connectivity index (χ3n) is 2.74. The summed E-state index contributed by atoms with van der Waals surface area (Å²) < 4.78 is 10.7. The Labute approximate surface area is 140 Å². The molecule has 1 atom stereocenters. The molecule has 1 N–H and O–H groups in total. The number of para-hydroxylation sites is 2. The van der Waals surface area contributed by atoms with Crippen LogP contribution in [0.2, 0.25) is 0 Å². The summed E-state index contributed by atoms with van der Waals surface area (Å²) in [6, 6.07) is 5.36. The maximum atomic E-state index is 11.9. The molecule has 1 radical (unpaired) electrons. The molecule has 0 saturated heterocycles. The summed E-state index contributed by atoms with van der Waals surface area (Å²) in [6.07, 6.45) is 0.481. The van der Waals surface area contributed by atoms with Crippen molar-refractivity contribution >= 4 is 25.3 Å². The van der Waals surface area contributed by atoms with E-state index in [-0.39, 0.29) is 24.5 Å². The van der Waals surface area contributed by atoms with E-state index >= 15 is 0 Å². The summed E-state index contributed by atoms with van der Waals surface area (Å²) in [6.45, 7) is 5.19. The molecule has 0 saturated carbocycles. The third kappa shape index (κ3) is 7.23. The second kappa shape index (κ2) is 9.02. The van der Waals surface area contributed by atoms with Crippen LogP contribution in [0.15, 0.2) is 24.3 Å².